The van der Waals surface area contributed by atoms with Crippen LogP contribution in [0.5, 0.6) is 0 Å². The van der Waals surface area contributed by atoms with E-state index in [1.807, 2.05) is 51.6 Å². The highest BCUT2D eigenvalue weighted by atomic mass is 16.7. The number of pyridine rings is 1. The van der Waals surface area contributed by atoms with Gasteiger partial charge in [-0.05, 0) is 40.7 Å². The smallest absolute Gasteiger partial charge is 0.399 e. The molecule has 140 valence electrons. The number of nitrogens with zero attached hydrogens (tertiary/aromatic N) is 2. The maximum atomic E-state index is 12.1. The van der Waals surface area contributed by atoms with Crippen LogP contribution in [0.25, 0.3) is 10.9 Å². The molecule has 0 bridgehead atoms. The molecule has 1 aliphatic rings. The quantitative estimate of drug-likeness (QED) is 0.844. The number of amides is 1. The van der Waals surface area contributed by atoms with Crippen molar-refractivity contribution >= 4 is 35.2 Å². The Kier molecular flexibility index (Phi) is 4.63. The molecule has 1 N–H and O–H groups in total. The number of carbonyl (C=O) groups is 1. The number of hydrogen-bond donors (Lipinski definition) is 1. The van der Waals surface area contributed by atoms with Gasteiger partial charge < -0.3 is 23.9 Å². The molecule has 1 saturated heterocycles. The maximum Gasteiger partial charge on any atom is 0.497 e. The molecule has 1 aliphatic heterocycles. The first-order valence-electron chi connectivity index (χ1n) is 8.70. The fourth-order valence-corrected chi connectivity index (χ4v) is 2.87. The summed E-state index contributed by atoms with van der Waals surface area (Å²) in [5, 5.41) is 3.71. The molecule has 7 nitrogen and oxygen atoms in total. The van der Waals surface area contributed by atoms with E-state index in [9.17, 15) is 4.79 Å². The van der Waals surface area contributed by atoms with Gasteiger partial charge >= 0.3 is 7.12 Å². The lowest BCUT2D eigenvalue weighted by Crippen LogP contribution is -2.41. The third-order valence-corrected chi connectivity index (χ3v) is 5.39. The first-order chi connectivity index (χ1) is 12.1. The summed E-state index contributed by atoms with van der Waals surface area (Å²) in [5.41, 5.74) is 1.02. The summed E-state index contributed by atoms with van der Waals surface area (Å²) >= 11 is 0. The van der Waals surface area contributed by atoms with Crippen molar-refractivity contribution in [2.24, 2.45) is 7.05 Å². The zero-order valence-electron chi connectivity index (χ0n) is 16.4. The topological polar surface area (TPSA) is 74.6 Å². The Labute approximate surface area is 154 Å². The molecule has 1 atom stereocenters. The van der Waals surface area contributed by atoms with Crippen molar-refractivity contribution in [3.05, 3.63) is 18.5 Å². The molecular formula is C18H26BN3O4. The Hall–Kier alpha value is -1.90. The van der Waals surface area contributed by atoms with Crippen molar-refractivity contribution in [3.8, 4) is 0 Å². The molecule has 1 amide bonds. The minimum absolute atomic E-state index is 0.243. The zero-order valence-corrected chi connectivity index (χ0v) is 16.4. The number of aryl methyl sites for hydroxylation is 1. The standard InChI is InChI=1S/C18H26BN3O4/c1-11(24-7)16(23)21-15-8-12-13(10-22(6)14(12)9-20-15)19-25-17(2,3)18(4,5)26-19/h8-11H,1-7H3,(H,20,21,23). The van der Waals surface area contributed by atoms with Crippen molar-refractivity contribution in [3.63, 3.8) is 0 Å². The summed E-state index contributed by atoms with van der Waals surface area (Å²) in [4.78, 5) is 16.4. The van der Waals surface area contributed by atoms with Gasteiger partial charge in [-0.2, -0.15) is 0 Å². The molecule has 8 heteroatoms. The number of fused-ring (bicyclic) bond motifs is 1. The second kappa shape index (κ2) is 6.37. The molecule has 1 fully saturated rings. The summed E-state index contributed by atoms with van der Waals surface area (Å²) in [6.07, 6.45) is 3.17. The number of rotatable bonds is 4. The SMILES string of the molecule is COC(C)C(=O)Nc1cc2c(B3OC(C)(C)C(C)(C)O3)cn(C)c2cn1. The van der Waals surface area contributed by atoms with Crippen molar-refractivity contribution in [2.75, 3.05) is 12.4 Å². The highest BCUT2D eigenvalue weighted by molar-refractivity contribution is 6.65. The number of hydrogen-bond acceptors (Lipinski definition) is 5. The number of aromatic nitrogens is 2. The third kappa shape index (κ3) is 3.13. The molecule has 0 radical (unpaired) electrons. The molecule has 1 unspecified atom stereocenters. The highest BCUT2D eigenvalue weighted by Gasteiger charge is 2.52. The molecular weight excluding hydrogens is 333 g/mol. The van der Waals surface area contributed by atoms with Crippen LogP contribution in [0, 0.1) is 0 Å². The number of carbonyl (C=O) groups excluding carboxylic acids is 1. The van der Waals surface area contributed by atoms with E-state index < -0.39 is 24.4 Å². The molecule has 0 aliphatic carbocycles. The predicted molar refractivity (Wildman–Crippen MR) is 102 cm³/mol. The van der Waals surface area contributed by atoms with Gasteiger partial charge in [-0.25, -0.2) is 4.98 Å². The van der Waals surface area contributed by atoms with Gasteiger partial charge in [-0.15, -0.1) is 0 Å². The molecule has 3 rings (SSSR count). The van der Waals surface area contributed by atoms with Crippen LogP contribution in [0.2, 0.25) is 0 Å². The summed E-state index contributed by atoms with van der Waals surface area (Å²) in [6.45, 7) is 9.79. The van der Waals surface area contributed by atoms with Gasteiger partial charge in [0.15, 0.2) is 0 Å². The largest absolute Gasteiger partial charge is 0.497 e. The van der Waals surface area contributed by atoms with Crippen LogP contribution >= 0.6 is 0 Å². The van der Waals surface area contributed by atoms with Crippen LogP contribution in [0.3, 0.4) is 0 Å². The van der Waals surface area contributed by atoms with Crippen molar-refractivity contribution in [1.82, 2.24) is 9.55 Å². The van der Waals surface area contributed by atoms with E-state index in [0.29, 0.717) is 5.82 Å². The molecule has 2 aromatic heterocycles. The van der Waals surface area contributed by atoms with Crippen LogP contribution in [-0.2, 0) is 25.9 Å². The second-order valence-corrected chi connectivity index (χ2v) is 7.74. The normalized spacial score (nSPS) is 19.7. The van der Waals surface area contributed by atoms with Gasteiger partial charge in [0, 0.05) is 31.2 Å². The van der Waals surface area contributed by atoms with Crippen LogP contribution in [0.1, 0.15) is 34.6 Å². The van der Waals surface area contributed by atoms with Crippen LogP contribution in [0.15, 0.2) is 18.5 Å². The minimum Gasteiger partial charge on any atom is -0.399 e. The zero-order chi connectivity index (χ0) is 19.3. The lowest BCUT2D eigenvalue weighted by molar-refractivity contribution is -0.124. The number of nitrogens with one attached hydrogen (secondary N) is 1. The van der Waals surface area contributed by atoms with E-state index in [4.69, 9.17) is 14.0 Å². The Morgan fingerprint density at radius 3 is 2.50 bits per heavy atom. The van der Waals surface area contributed by atoms with E-state index in [0.717, 1.165) is 16.4 Å². The fourth-order valence-electron chi connectivity index (χ4n) is 2.87. The lowest BCUT2D eigenvalue weighted by Gasteiger charge is -2.32. The second-order valence-electron chi connectivity index (χ2n) is 7.74. The van der Waals surface area contributed by atoms with Gasteiger partial charge in [0.25, 0.3) is 5.91 Å². The molecule has 0 saturated carbocycles. The third-order valence-electron chi connectivity index (χ3n) is 5.39. The molecule has 0 aromatic carbocycles. The first-order valence-corrected chi connectivity index (χ1v) is 8.70. The summed E-state index contributed by atoms with van der Waals surface area (Å²) < 4.78 is 19.4. The van der Waals surface area contributed by atoms with Crippen molar-refractivity contribution in [2.45, 2.75) is 51.9 Å². The summed E-state index contributed by atoms with van der Waals surface area (Å²) in [5.74, 6) is 0.225. The predicted octanol–water partition coefficient (Wildman–Crippen LogP) is 1.85. The monoisotopic (exact) mass is 359 g/mol. The van der Waals surface area contributed by atoms with Gasteiger partial charge in [-0.3, -0.25) is 4.79 Å². The Morgan fingerprint density at radius 1 is 1.31 bits per heavy atom. The van der Waals surface area contributed by atoms with Gasteiger partial charge in [-0.1, -0.05) is 0 Å². The summed E-state index contributed by atoms with van der Waals surface area (Å²) in [6, 6.07) is 1.84. The molecule has 2 aromatic rings. The highest BCUT2D eigenvalue weighted by Crippen LogP contribution is 2.37. The van der Waals surface area contributed by atoms with Crippen molar-refractivity contribution in [1.29, 1.82) is 0 Å². The molecule has 0 spiro atoms. The van der Waals surface area contributed by atoms with Gasteiger partial charge in [0.05, 0.1) is 22.9 Å². The van der Waals surface area contributed by atoms with E-state index in [1.54, 1.807) is 13.1 Å². The van der Waals surface area contributed by atoms with E-state index in [-0.39, 0.29) is 5.91 Å². The Balaban J connectivity index is 1.97. The minimum atomic E-state index is -0.550. The average Bonchev–Trinajstić information content (AvgIpc) is 2.99. The first kappa shape index (κ1) is 18.9. The fraction of sp³-hybridized carbons (Fsp3) is 0.556. The van der Waals surface area contributed by atoms with Gasteiger partial charge in [0.2, 0.25) is 0 Å². The van der Waals surface area contributed by atoms with E-state index in [2.05, 4.69) is 10.3 Å². The van der Waals surface area contributed by atoms with Crippen LogP contribution < -0.4 is 10.8 Å². The Bertz CT molecular complexity index is 830. The molecule has 26 heavy (non-hydrogen) atoms. The van der Waals surface area contributed by atoms with Crippen molar-refractivity contribution < 1.29 is 18.8 Å². The van der Waals surface area contributed by atoms with Crippen LogP contribution in [0.4, 0.5) is 5.82 Å². The van der Waals surface area contributed by atoms with E-state index >= 15 is 0 Å². The number of methoxy groups -OCH3 is 1. The maximum absolute atomic E-state index is 12.1. The summed E-state index contributed by atoms with van der Waals surface area (Å²) in [7, 11) is 2.96. The molecule has 3 heterocycles. The Morgan fingerprint density at radius 2 is 1.92 bits per heavy atom. The lowest BCUT2D eigenvalue weighted by atomic mass is 9.79. The number of ether oxygens (including phenoxy) is 1. The van der Waals surface area contributed by atoms with Crippen LogP contribution in [-0.4, -0.2) is 47.0 Å². The number of anilines is 1. The van der Waals surface area contributed by atoms with E-state index in [1.165, 1.54) is 7.11 Å². The van der Waals surface area contributed by atoms with Gasteiger partial charge in [0.1, 0.15) is 11.9 Å². The average molecular weight is 359 g/mol.